The molecule has 0 heterocycles. The lowest BCUT2D eigenvalue weighted by molar-refractivity contribution is 0.327. The van der Waals surface area contributed by atoms with Crippen LogP contribution in [-0.2, 0) is 0 Å². The summed E-state index contributed by atoms with van der Waals surface area (Å²) in [6, 6.07) is 4.29. The van der Waals surface area contributed by atoms with E-state index in [0.717, 1.165) is 12.8 Å². The van der Waals surface area contributed by atoms with E-state index >= 15 is 0 Å². The van der Waals surface area contributed by atoms with E-state index in [1.807, 2.05) is 0 Å². The largest absolute Gasteiger partial charge is 0.198 e. The van der Waals surface area contributed by atoms with Gasteiger partial charge in [-0.3, -0.25) is 0 Å². The van der Waals surface area contributed by atoms with E-state index in [1.54, 1.807) is 0 Å². The van der Waals surface area contributed by atoms with Gasteiger partial charge in [-0.05, 0) is 12.8 Å². The summed E-state index contributed by atoms with van der Waals surface area (Å²) in [6.45, 7) is 0. The normalized spacial score (nSPS) is 19.1. The molecule has 0 fully saturated rings. The molecule has 2 nitrogen and oxygen atoms in total. The first-order valence-corrected chi connectivity index (χ1v) is 3.72. The van der Waals surface area contributed by atoms with Crippen molar-refractivity contribution in [3.8, 4) is 12.1 Å². The molecule has 0 aromatic carbocycles. The van der Waals surface area contributed by atoms with Crippen LogP contribution in [0.1, 0.15) is 25.7 Å². The van der Waals surface area contributed by atoms with Gasteiger partial charge in [0, 0.05) is 18.3 Å². The number of nitrogens with zero attached hydrogens (tertiary/aromatic N) is 2. The molecule has 0 amide bonds. The summed E-state index contributed by atoms with van der Waals surface area (Å²) in [7, 11) is 0. The summed E-state index contributed by atoms with van der Waals surface area (Å²) in [5.74, 6) is 0. The molecule has 0 spiro atoms. The fourth-order valence-corrected chi connectivity index (χ4v) is 1.44. The molecule has 0 radical (unpaired) electrons. The minimum absolute atomic E-state index is 0.0382. The minimum Gasteiger partial charge on any atom is -0.198 e. The third kappa shape index (κ3) is 1.59. The molecule has 0 atom stereocenters. The molecule has 56 valence electrons. The van der Waals surface area contributed by atoms with Crippen molar-refractivity contribution >= 4 is 0 Å². The van der Waals surface area contributed by atoms with Crippen LogP contribution in [0.5, 0.6) is 0 Å². The quantitative estimate of drug-likeness (QED) is 0.560. The predicted octanol–water partition coefficient (Wildman–Crippen LogP) is 2.15. The molecule has 0 aromatic rings. The molecule has 0 saturated carbocycles. The Balaban J connectivity index is 2.60. The Labute approximate surface area is 66.7 Å². The second kappa shape index (κ2) is 3.21. The van der Waals surface area contributed by atoms with Crippen LogP contribution in [0, 0.1) is 28.1 Å². The van der Waals surface area contributed by atoms with Crippen molar-refractivity contribution in [2.75, 3.05) is 0 Å². The van der Waals surface area contributed by atoms with Gasteiger partial charge in [0.1, 0.15) is 0 Å². The number of rotatable bonds is 2. The van der Waals surface area contributed by atoms with E-state index in [1.165, 1.54) is 0 Å². The highest BCUT2D eigenvalue weighted by atomic mass is 14.4. The van der Waals surface area contributed by atoms with Crippen molar-refractivity contribution in [2.24, 2.45) is 5.41 Å². The van der Waals surface area contributed by atoms with Crippen LogP contribution < -0.4 is 0 Å². The Morgan fingerprint density at radius 1 is 1.09 bits per heavy atom. The van der Waals surface area contributed by atoms with Crippen molar-refractivity contribution in [3.05, 3.63) is 12.2 Å². The van der Waals surface area contributed by atoms with Gasteiger partial charge in [0.05, 0.1) is 12.1 Å². The molecule has 1 aliphatic carbocycles. The maximum Gasteiger partial charge on any atom is 0.0628 e. The molecule has 11 heavy (non-hydrogen) atoms. The van der Waals surface area contributed by atoms with Crippen molar-refractivity contribution in [3.63, 3.8) is 0 Å². The summed E-state index contributed by atoms with van der Waals surface area (Å²) >= 11 is 0. The van der Waals surface area contributed by atoms with E-state index in [4.69, 9.17) is 10.5 Å². The Hall–Kier alpha value is -1.28. The summed E-state index contributed by atoms with van der Waals surface area (Å²) in [4.78, 5) is 0. The SMILES string of the molecule is N#CCC1(CC#N)CC=CC1. The maximum absolute atomic E-state index is 8.53. The van der Waals surface area contributed by atoms with Crippen molar-refractivity contribution in [1.82, 2.24) is 0 Å². The van der Waals surface area contributed by atoms with Crippen molar-refractivity contribution < 1.29 is 0 Å². The first kappa shape index (κ1) is 7.82. The van der Waals surface area contributed by atoms with Crippen molar-refractivity contribution in [1.29, 1.82) is 10.5 Å². The molecule has 0 unspecified atom stereocenters. The molecule has 0 N–H and O–H groups in total. The number of hydrogen-bond donors (Lipinski definition) is 0. The zero-order valence-electron chi connectivity index (χ0n) is 6.38. The highest BCUT2D eigenvalue weighted by Gasteiger charge is 2.30. The maximum atomic E-state index is 8.53. The average Bonchev–Trinajstić information content (AvgIpc) is 2.39. The van der Waals surface area contributed by atoms with Gasteiger partial charge in [-0.15, -0.1) is 0 Å². The summed E-state index contributed by atoms with van der Waals surface area (Å²) in [6.07, 6.45) is 6.94. The third-order valence-corrected chi connectivity index (χ3v) is 2.18. The third-order valence-electron chi connectivity index (χ3n) is 2.18. The second-order valence-corrected chi connectivity index (χ2v) is 3.05. The van der Waals surface area contributed by atoms with Crippen LogP contribution in [0.25, 0.3) is 0 Å². The monoisotopic (exact) mass is 146 g/mol. The fourth-order valence-electron chi connectivity index (χ4n) is 1.44. The van der Waals surface area contributed by atoms with Crippen LogP contribution >= 0.6 is 0 Å². The zero-order chi connectivity index (χ0) is 8.16. The molecular weight excluding hydrogens is 136 g/mol. The fraction of sp³-hybridized carbons (Fsp3) is 0.556. The average molecular weight is 146 g/mol. The highest BCUT2D eigenvalue weighted by molar-refractivity contribution is 5.08. The standard InChI is InChI=1S/C9H10N2/c10-7-5-9(6-8-11)3-1-2-4-9/h1-2H,3-6H2. The number of nitriles is 2. The van der Waals surface area contributed by atoms with Crippen LogP contribution in [0.4, 0.5) is 0 Å². The van der Waals surface area contributed by atoms with E-state index in [2.05, 4.69) is 24.3 Å². The first-order chi connectivity index (χ1) is 5.33. The lowest BCUT2D eigenvalue weighted by atomic mass is 9.80. The predicted molar refractivity (Wildman–Crippen MR) is 41.3 cm³/mol. The van der Waals surface area contributed by atoms with E-state index < -0.39 is 0 Å². The highest BCUT2D eigenvalue weighted by Crippen LogP contribution is 2.39. The Morgan fingerprint density at radius 3 is 1.91 bits per heavy atom. The summed E-state index contributed by atoms with van der Waals surface area (Å²) < 4.78 is 0. The van der Waals surface area contributed by atoms with Crippen LogP contribution in [0.15, 0.2) is 12.2 Å². The second-order valence-electron chi connectivity index (χ2n) is 3.05. The molecule has 0 bridgehead atoms. The molecule has 0 aliphatic heterocycles. The Morgan fingerprint density at radius 2 is 1.55 bits per heavy atom. The minimum atomic E-state index is -0.0382. The molecule has 0 saturated heterocycles. The molecule has 1 aliphatic rings. The van der Waals surface area contributed by atoms with Crippen LogP contribution in [0.3, 0.4) is 0 Å². The van der Waals surface area contributed by atoms with E-state index in [9.17, 15) is 0 Å². The van der Waals surface area contributed by atoms with Gasteiger partial charge in [0.2, 0.25) is 0 Å². The van der Waals surface area contributed by atoms with Gasteiger partial charge in [-0.1, -0.05) is 12.2 Å². The lowest BCUT2D eigenvalue weighted by Crippen LogP contribution is -2.14. The topological polar surface area (TPSA) is 47.6 Å². The molecular formula is C9H10N2. The van der Waals surface area contributed by atoms with E-state index in [-0.39, 0.29) is 5.41 Å². The van der Waals surface area contributed by atoms with Gasteiger partial charge in [-0.25, -0.2) is 0 Å². The smallest absolute Gasteiger partial charge is 0.0628 e. The number of allylic oxidation sites excluding steroid dienone is 2. The zero-order valence-corrected chi connectivity index (χ0v) is 6.38. The first-order valence-electron chi connectivity index (χ1n) is 3.72. The summed E-state index contributed by atoms with van der Waals surface area (Å²) in [5.41, 5.74) is -0.0382. The van der Waals surface area contributed by atoms with Gasteiger partial charge in [0.15, 0.2) is 0 Å². The van der Waals surface area contributed by atoms with Crippen molar-refractivity contribution in [2.45, 2.75) is 25.7 Å². The molecule has 1 rings (SSSR count). The summed E-state index contributed by atoms with van der Waals surface area (Å²) in [5, 5.41) is 17.1. The lowest BCUT2D eigenvalue weighted by Gasteiger charge is -2.21. The van der Waals surface area contributed by atoms with E-state index in [0.29, 0.717) is 12.8 Å². The number of hydrogen-bond acceptors (Lipinski definition) is 2. The van der Waals surface area contributed by atoms with Gasteiger partial charge < -0.3 is 0 Å². The van der Waals surface area contributed by atoms with Crippen LogP contribution in [-0.4, -0.2) is 0 Å². The Bertz CT molecular complexity index is 213. The Kier molecular flexibility index (Phi) is 2.28. The van der Waals surface area contributed by atoms with Crippen LogP contribution in [0.2, 0.25) is 0 Å². The van der Waals surface area contributed by atoms with Gasteiger partial charge >= 0.3 is 0 Å². The van der Waals surface area contributed by atoms with Gasteiger partial charge in [-0.2, -0.15) is 10.5 Å². The molecule has 0 aromatic heterocycles. The molecule has 2 heteroatoms. The van der Waals surface area contributed by atoms with Gasteiger partial charge in [0.25, 0.3) is 0 Å².